The molecule has 23 heavy (non-hydrogen) atoms. The van der Waals surface area contributed by atoms with Gasteiger partial charge in [-0.1, -0.05) is 12.1 Å². The molecule has 0 saturated carbocycles. The number of rotatable bonds is 6. The summed E-state index contributed by atoms with van der Waals surface area (Å²) in [5, 5.41) is 3.91. The third-order valence-electron chi connectivity index (χ3n) is 4.05. The van der Waals surface area contributed by atoms with Crippen molar-refractivity contribution in [2.45, 2.75) is 25.7 Å². The molecule has 0 spiro atoms. The molecule has 3 rings (SSSR count). The minimum atomic E-state index is -2.87. The minimum absolute atomic E-state index is 0.00425. The number of nitrogens with zero attached hydrogens (tertiary/aromatic N) is 1. The predicted octanol–water partition coefficient (Wildman–Crippen LogP) is 2.17. The summed E-state index contributed by atoms with van der Waals surface area (Å²) >= 11 is 1.67. The largest absolute Gasteiger partial charge is 0.356 e. The van der Waals surface area contributed by atoms with Crippen molar-refractivity contribution in [2.24, 2.45) is 5.92 Å². The summed E-state index contributed by atoms with van der Waals surface area (Å²) in [4.78, 5) is 16.4. The number of thiazole rings is 1. The SMILES string of the molecule is O=C(CCCc1nc2ccccc2s1)NCC1CCS(=O)(=O)C1. The van der Waals surface area contributed by atoms with E-state index in [1.807, 2.05) is 18.2 Å². The Morgan fingerprint density at radius 1 is 1.35 bits per heavy atom. The Balaban J connectivity index is 1.39. The van der Waals surface area contributed by atoms with Crippen molar-refractivity contribution in [1.29, 1.82) is 0 Å². The van der Waals surface area contributed by atoms with Crippen LogP contribution in [-0.4, -0.2) is 37.4 Å². The van der Waals surface area contributed by atoms with Crippen LogP contribution in [0.25, 0.3) is 10.2 Å². The summed E-state index contributed by atoms with van der Waals surface area (Å²) < 4.78 is 23.9. The molecule has 1 amide bonds. The van der Waals surface area contributed by atoms with Crippen molar-refractivity contribution < 1.29 is 13.2 Å². The number of carbonyl (C=O) groups excluding carboxylic acids is 1. The van der Waals surface area contributed by atoms with Gasteiger partial charge in [-0.15, -0.1) is 11.3 Å². The molecule has 7 heteroatoms. The minimum Gasteiger partial charge on any atom is -0.356 e. The maximum Gasteiger partial charge on any atom is 0.220 e. The van der Waals surface area contributed by atoms with Crippen molar-refractivity contribution in [3.63, 3.8) is 0 Å². The van der Waals surface area contributed by atoms with Gasteiger partial charge in [0.2, 0.25) is 5.91 Å². The molecule has 1 aliphatic rings. The fourth-order valence-corrected chi connectivity index (χ4v) is 5.68. The number of hydrogen-bond donors (Lipinski definition) is 1. The Morgan fingerprint density at radius 3 is 2.91 bits per heavy atom. The van der Waals surface area contributed by atoms with Gasteiger partial charge in [0.15, 0.2) is 9.84 Å². The van der Waals surface area contributed by atoms with E-state index >= 15 is 0 Å². The number of nitrogens with one attached hydrogen (secondary N) is 1. The number of para-hydroxylation sites is 1. The van der Waals surface area contributed by atoms with Crippen LogP contribution in [0.15, 0.2) is 24.3 Å². The monoisotopic (exact) mass is 352 g/mol. The first-order valence-electron chi connectivity index (χ1n) is 7.83. The lowest BCUT2D eigenvalue weighted by atomic mass is 10.1. The highest BCUT2D eigenvalue weighted by atomic mass is 32.2. The lowest BCUT2D eigenvalue weighted by Gasteiger charge is -2.09. The Bertz CT molecular complexity index is 766. The Hall–Kier alpha value is -1.47. The third-order valence-corrected chi connectivity index (χ3v) is 6.98. The smallest absolute Gasteiger partial charge is 0.220 e. The van der Waals surface area contributed by atoms with Crippen molar-refractivity contribution in [3.05, 3.63) is 29.3 Å². The summed E-state index contributed by atoms with van der Waals surface area (Å²) in [5.41, 5.74) is 1.01. The van der Waals surface area contributed by atoms with Gasteiger partial charge < -0.3 is 5.32 Å². The molecule has 1 unspecified atom stereocenters. The van der Waals surface area contributed by atoms with Gasteiger partial charge in [0, 0.05) is 13.0 Å². The molecule has 2 heterocycles. The zero-order chi connectivity index (χ0) is 16.3. The summed E-state index contributed by atoms with van der Waals surface area (Å²) in [5.74, 6) is 0.535. The number of benzene rings is 1. The highest BCUT2D eigenvalue weighted by Crippen LogP contribution is 2.22. The van der Waals surface area contributed by atoms with Crippen LogP contribution in [0.4, 0.5) is 0 Å². The van der Waals surface area contributed by atoms with E-state index in [4.69, 9.17) is 0 Å². The van der Waals surface area contributed by atoms with E-state index in [-0.39, 0.29) is 23.3 Å². The van der Waals surface area contributed by atoms with E-state index in [0.717, 1.165) is 23.4 Å². The van der Waals surface area contributed by atoms with Gasteiger partial charge in [-0.3, -0.25) is 4.79 Å². The standard InChI is InChI=1S/C16H20N2O3S2/c19-15(17-10-12-8-9-23(20,21)11-12)6-3-7-16-18-13-4-1-2-5-14(13)22-16/h1-2,4-5,12H,3,6-11H2,(H,17,19). The number of amides is 1. The maximum absolute atomic E-state index is 11.8. The van der Waals surface area contributed by atoms with Crippen LogP contribution in [0, 0.1) is 5.92 Å². The van der Waals surface area contributed by atoms with E-state index in [1.165, 1.54) is 4.70 Å². The zero-order valence-electron chi connectivity index (χ0n) is 12.8. The quantitative estimate of drug-likeness (QED) is 0.864. The van der Waals surface area contributed by atoms with Crippen LogP contribution < -0.4 is 5.32 Å². The Labute approximate surface area is 140 Å². The van der Waals surface area contributed by atoms with E-state index in [1.54, 1.807) is 11.3 Å². The molecule has 0 aliphatic carbocycles. The molecule has 0 radical (unpaired) electrons. The van der Waals surface area contributed by atoms with Crippen LogP contribution >= 0.6 is 11.3 Å². The molecule has 1 fully saturated rings. The molecule has 2 aromatic rings. The third kappa shape index (κ3) is 4.51. The topological polar surface area (TPSA) is 76.1 Å². The lowest BCUT2D eigenvalue weighted by molar-refractivity contribution is -0.121. The average Bonchev–Trinajstić information content (AvgIpc) is 3.07. The maximum atomic E-state index is 11.8. The number of fused-ring (bicyclic) bond motifs is 1. The van der Waals surface area contributed by atoms with Crippen LogP contribution in [0.2, 0.25) is 0 Å². The Kier molecular flexibility index (Phi) is 4.96. The van der Waals surface area contributed by atoms with Crippen molar-refractivity contribution >= 4 is 37.3 Å². The first-order chi connectivity index (χ1) is 11.0. The lowest BCUT2D eigenvalue weighted by Crippen LogP contribution is -2.29. The second-order valence-electron chi connectivity index (χ2n) is 6.00. The Morgan fingerprint density at radius 2 is 2.17 bits per heavy atom. The molecule has 1 aromatic heterocycles. The summed E-state index contributed by atoms with van der Waals surface area (Å²) in [6, 6.07) is 8.03. The van der Waals surface area contributed by atoms with Crippen LogP contribution in [-0.2, 0) is 21.1 Å². The van der Waals surface area contributed by atoms with E-state index < -0.39 is 9.84 Å². The molecule has 0 bridgehead atoms. The highest BCUT2D eigenvalue weighted by Gasteiger charge is 2.27. The van der Waals surface area contributed by atoms with Crippen molar-refractivity contribution in [1.82, 2.24) is 10.3 Å². The molecule has 5 nitrogen and oxygen atoms in total. The predicted molar refractivity (Wildman–Crippen MR) is 92.3 cm³/mol. The second kappa shape index (κ2) is 6.97. The first kappa shape index (κ1) is 16.4. The molecular weight excluding hydrogens is 332 g/mol. The van der Waals surface area contributed by atoms with Gasteiger partial charge in [-0.05, 0) is 37.3 Å². The van der Waals surface area contributed by atoms with Crippen molar-refractivity contribution in [2.75, 3.05) is 18.1 Å². The number of hydrogen-bond acceptors (Lipinski definition) is 5. The van der Waals surface area contributed by atoms with Gasteiger partial charge >= 0.3 is 0 Å². The molecule has 1 N–H and O–H groups in total. The fraction of sp³-hybridized carbons (Fsp3) is 0.500. The van der Waals surface area contributed by atoms with Gasteiger partial charge in [0.05, 0.1) is 26.7 Å². The second-order valence-corrected chi connectivity index (χ2v) is 9.35. The van der Waals surface area contributed by atoms with Crippen LogP contribution in [0.1, 0.15) is 24.3 Å². The number of sulfone groups is 1. The summed E-state index contributed by atoms with van der Waals surface area (Å²) in [6.45, 7) is 0.471. The number of aromatic nitrogens is 1. The molecule has 1 aromatic carbocycles. The van der Waals surface area contributed by atoms with Gasteiger partial charge in [-0.25, -0.2) is 13.4 Å². The van der Waals surface area contributed by atoms with Gasteiger partial charge in [0.1, 0.15) is 0 Å². The van der Waals surface area contributed by atoms with E-state index in [2.05, 4.69) is 16.4 Å². The fourth-order valence-electron chi connectivity index (χ4n) is 2.81. The summed E-state index contributed by atoms with van der Waals surface area (Å²) in [7, 11) is -2.87. The average molecular weight is 352 g/mol. The number of carbonyl (C=O) groups is 1. The molecule has 1 saturated heterocycles. The van der Waals surface area contributed by atoms with Crippen LogP contribution in [0.3, 0.4) is 0 Å². The first-order valence-corrected chi connectivity index (χ1v) is 10.5. The number of aryl methyl sites for hydroxylation is 1. The van der Waals surface area contributed by atoms with Crippen LogP contribution in [0.5, 0.6) is 0 Å². The van der Waals surface area contributed by atoms with E-state index in [0.29, 0.717) is 19.4 Å². The van der Waals surface area contributed by atoms with Gasteiger partial charge in [-0.2, -0.15) is 0 Å². The van der Waals surface area contributed by atoms with Gasteiger partial charge in [0.25, 0.3) is 0 Å². The molecular formula is C16H20N2O3S2. The molecule has 1 aliphatic heterocycles. The summed E-state index contributed by atoms with van der Waals surface area (Å²) in [6.07, 6.45) is 2.67. The normalized spacial score (nSPS) is 19.9. The highest BCUT2D eigenvalue weighted by molar-refractivity contribution is 7.91. The molecule has 124 valence electrons. The zero-order valence-corrected chi connectivity index (χ0v) is 14.5. The molecule has 1 atom stereocenters. The van der Waals surface area contributed by atoms with Crippen molar-refractivity contribution in [3.8, 4) is 0 Å². The van der Waals surface area contributed by atoms with E-state index in [9.17, 15) is 13.2 Å².